The first-order chi connectivity index (χ1) is 7.28. The van der Waals surface area contributed by atoms with Gasteiger partial charge in [-0.3, -0.25) is 0 Å². The van der Waals surface area contributed by atoms with E-state index >= 15 is 0 Å². The highest BCUT2D eigenvalue weighted by Gasteiger charge is 2.28. The van der Waals surface area contributed by atoms with Gasteiger partial charge in [-0.2, -0.15) is 0 Å². The van der Waals surface area contributed by atoms with E-state index in [0.29, 0.717) is 18.9 Å². The van der Waals surface area contributed by atoms with Gasteiger partial charge >= 0.3 is 6.09 Å². The van der Waals surface area contributed by atoms with Crippen LogP contribution in [-0.4, -0.2) is 35.9 Å². The number of carbonyl (C=O) groups is 1. The van der Waals surface area contributed by atoms with Crippen LogP contribution in [0.4, 0.5) is 9.18 Å². The maximum atomic E-state index is 13.5. The third-order valence-corrected chi connectivity index (χ3v) is 2.62. The average molecular weight is 231 g/mol. The second-order valence-electron chi connectivity index (χ2n) is 5.65. The normalized spacial score (nSPS) is 27.4. The summed E-state index contributed by atoms with van der Waals surface area (Å²) >= 11 is 0. The zero-order valence-corrected chi connectivity index (χ0v) is 10.6. The van der Waals surface area contributed by atoms with Crippen molar-refractivity contribution >= 4 is 6.09 Å². The van der Waals surface area contributed by atoms with E-state index in [-0.39, 0.29) is 6.54 Å². The third-order valence-electron chi connectivity index (χ3n) is 2.62. The van der Waals surface area contributed by atoms with Crippen LogP contribution in [0.15, 0.2) is 0 Å². The van der Waals surface area contributed by atoms with E-state index in [1.54, 1.807) is 0 Å². The zero-order chi connectivity index (χ0) is 12.3. The lowest BCUT2D eigenvalue weighted by Crippen LogP contribution is -2.39. The number of hydrogen-bond donors (Lipinski definition) is 0. The molecule has 1 saturated heterocycles. The number of rotatable bonds is 0. The van der Waals surface area contributed by atoms with Crippen molar-refractivity contribution in [2.75, 3.05) is 13.1 Å². The van der Waals surface area contributed by atoms with Crippen LogP contribution in [0.25, 0.3) is 0 Å². The Hall–Kier alpha value is -0.800. The molecular weight excluding hydrogens is 209 g/mol. The third kappa shape index (κ3) is 4.37. The molecule has 0 radical (unpaired) electrons. The molecule has 0 aromatic carbocycles. The van der Waals surface area contributed by atoms with Crippen LogP contribution in [0, 0.1) is 5.92 Å². The number of alkyl halides is 1. The van der Waals surface area contributed by atoms with E-state index in [9.17, 15) is 9.18 Å². The molecule has 1 amide bonds. The minimum absolute atomic E-state index is 0.166. The summed E-state index contributed by atoms with van der Waals surface area (Å²) in [6, 6.07) is 0. The molecule has 3 nitrogen and oxygen atoms in total. The summed E-state index contributed by atoms with van der Waals surface area (Å²) in [6.45, 7) is 8.23. The SMILES string of the molecule is CC1CCN(C(=O)OC(C)(C)C)CC(F)C1. The van der Waals surface area contributed by atoms with Gasteiger partial charge in [0, 0.05) is 6.54 Å². The van der Waals surface area contributed by atoms with Crippen LogP contribution in [0.2, 0.25) is 0 Å². The molecule has 1 fully saturated rings. The van der Waals surface area contributed by atoms with Crippen LogP contribution in [0.1, 0.15) is 40.5 Å². The van der Waals surface area contributed by atoms with E-state index in [4.69, 9.17) is 4.74 Å². The van der Waals surface area contributed by atoms with Crippen molar-refractivity contribution in [3.05, 3.63) is 0 Å². The largest absolute Gasteiger partial charge is 0.444 e. The Morgan fingerprint density at radius 2 is 2.06 bits per heavy atom. The van der Waals surface area contributed by atoms with Gasteiger partial charge in [0.1, 0.15) is 11.8 Å². The smallest absolute Gasteiger partial charge is 0.410 e. The van der Waals surface area contributed by atoms with Crippen LogP contribution >= 0.6 is 0 Å². The Kier molecular flexibility index (Phi) is 4.16. The Bertz CT molecular complexity index is 250. The predicted octanol–water partition coefficient (Wildman–Crippen LogP) is 2.99. The van der Waals surface area contributed by atoms with Crippen LogP contribution in [-0.2, 0) is 4.74 Å². The predicted molar refractivity (Wildman–Crippen MR) is 61.1 cm³/mol. The van der Waals surface area contributed by atoms with Crippen molar-refractivity contribution in [3.8, 4) is 0 Å². The molecule has 2 unspecified atom stereocenters. The Labute approximate surface area is 96.9 Å². The number of carbonyl (C=O) groups excluding carboxylic acids is 1. The minimum Gasteiger partial charge on any atom is -0.444 e. The van der Waals surface area contributed by atoms with Gasteiger partial charge in [-0.1, -0.05) is 6.92 Å². The van der Waals surface area contributed by atoms with Crippen molar-refractivity contribution in [1.29, 1.82) is 0 Å². The molecule has 4 heteroatoms. The van der Waals surface area contributed by atoms with E-state index in [0.717, 1.165) is 6.42 Å². The summed E-state index contributed by atoms with van der Waals surface area (Å²) in [5.74, 6) is 0.336. The van der Waals surface area contributed by atoms with Gasteiger partial charge in [0.25, 0.3) is 0 Å². The second-order valence-corrected chi connectivity index (χ2v) is 5.65. The molecular formula is C12H22FNO2. The first-order valence-electron chi connectivity index (χ1n) is 5.90. The lowest BCUT2D eigenvalue weighted by Gasteiger charge is -2.26. The summed E-state index contributed by atoms with van der Waals surface area (Å²) < 4.78 is 18.7. The maximum absolute atomic E-state index is 13.5. The summed E-state index contributed by atoms with van der Waals surface area (Å²) in [4.78, 5) is 13.2. The number of halogens is 1. The zero-order valence-electron chi connectivity index (χ0n) is 10.6. The van der Waals surface area contributed by atoms with Gasteiger partial charge in [0.05, 0.1) is 6.54 Å². The number of ether oxygens (including phenoxy) is 1. The van der Waals surface area contributed by atoms with Crippen LogP contribution < -0.4 is 0 Å². The summed E-state index contributed by atoms with van der Waals surface area (Å²) in [5.41, 5.74) is -0.513. The van der Waals surface area contributed by atoms with Gasteiger partial charge in [-0.05, 0) is 39.5 Å². The second kappa shape index (κ2) is 5.02. The van der Waals surface area contributed by atoms with Crippen molar-refractivity contribution in [3.63, 3.8) is 0 Å². The molecule has 16 heavy (non-hydrogen) atoms. The molecule has 0 aliphatic carbocycles. The molecule has 1 heterocycles. The average Bonchev–Trinajstić information content (AvgIpc) is 2.23. The molecule has 1 rings (SSSR count). The number of amides is 1. The summed E-state index contributed by atoms with van der Waals surface area (Å²) in [5, 5.41) is 0. The first kappa shape index (κ1) is 13.3. The fourth-order valence-corrected chi connectivity index (χ4v) is 1.83. The Morgan fingerprint density at radius 3 is 2.62 bits per heavy atom. The highest BCUT2D eigenvalue weighted by molar-refractivity contribution is 5.68. The monoisotopic (exact) mass is 231 g/mol. The number of nitrogens with zero attached hydrogens (tertiary/aromatic N) is 1. The van der Waals surface area contributed by atoms with E-state index in [1.165, 1.54) is 4.90 Å². The van der Waals surface area contributed by atoms with Gasteiger partial charge < -0.3 is 9.64 Å². The molecule has 0 saturated carbocycles. The van der Waals surface area contributed by atoms with Crippen LogP contribution in [0.3, 0.4) is 0 Å². The highest BCUT2D eigenvalue weighted by atomic mass is 19.1. The van der Waals surface area contributed by atoms with Gasteiger partial charge in [-0.25, -0.2) is 9.18 Å². The first-order valence-corrected chi connectivity index (χ1v) is 5.90. The van der Waals surface area contributed by atoms with Crippen molar-refractivity contribution < 1.29 is 13.9 Å². The topological polar surface area (TPSA) is 29.5 Å². The number of likely N-dealkylation sites (tertiary alicyclic amines) is 1. The molecule has 0 bridgehead atoms. The summed E-state index contributed by atoms with van der Waals surface area (Å²) in [7, 11) is 0. The van der Waals surface area contributed by atoms with E-state index in [1.807, 2.05) is 27.7 Å². The van der Waals surface area contributed by atoms with Crippen molar-refractivity contribution in [2.24, 2.45) is 5.92 Å². The minimum atomic E-state index is -0.926. The van der Waals surface area contributed by atoms with E-state index in [2.05, 4.69) is 0 Å². The maximum Gasteiger partial charge on any atom is 0.410 e. The van der Waals surface area contributed by atoms with Crippen LogP contribution in [0.5, 0.6) is 0 Å². The van der Waals surface area contributed by atoms with E-state index < -0.39 is 17.9 Å². The van der Waals surface area contributed by atoms with Gasteiger partial charge in [-0.15, -0.1) is 0 Å². The molecule has 1 aliphatic heterocycles. The summed E-state index contributed by atoms with van der Waals surface area (Å²) in [6.07, 6.45) is 0.0631. The lowest BCUT2D eigenvalue weighted by atomic mass is 10.0. The molecule has 0 spiro atoms. The molecule has 0 aromatic rings. The molecule has 0 N–H and O–H groups in total. The fraction of sp³-hybridized carbons (Fsp3) is 0.917. The highest BCUT2D eigenvalue weighted by Crippen LogP contribution is 2.20. The van der Waals surface area contributed by atoms with Gasteiger partial charge in [0.2, 0.25) is 0 Å². The van der Waals surface area contributed by atoms with Crippen molar-refractivity contribution in [2.45, 2.75) is 52.3 Å². The van der Waals surface area contributed by atoms with Gasteiger partial charge in [0.15, 0.2) is 0 Å². The molecule has 1 aliphatic rings. The fourth-order valence-electron chi connectivity index (χ4n) is 1.83. The molecule has 94 valence electrons. The standard InChI is InChI=1S/C12H22FNO2/c1-9-5-6-14(8-10(13)7-9)11(15)16-12(2,3)4/h9-10H,5-8H2,1-4H3. The number of hydrogen-bond acceptors (Lipinski definition) is 2. The molecule has 0 aromatic heterocycles. The Morgan fingerprint density at radius 1 is 1.44 bits per heavy atom. The van der Waals surface area contributed by atoms with Crippen molar-refractivity contribution in [1.82, 2.24) is 4.90 Å². The quantitative estimate of drug-likeness (QED) is 0.641. The molecule has 2 atom stereocenters. The Balaban J connectivity index is 2.55. The lowest BCUT2D eigenvalue weighted by molar-refractivity contribution is 0.0221.